The van der Waals surface area contributed by atoms with Crippen LogP contribution in [0.25, 0.3) is 0 Å². The van der Waals surface area contributed by atoms with Gasteiger partial charge in [0.1, 0.15) is 5.01 Å². The Morgan fingerprint density at radius 3 is 2.20 bits per heavy atom. The number of amides is 2. The van der Waals surface area contributed by atoms with Gasteiger partial charge < -0.3 is 25.2 Å². The number of carbonyl (C=O) groups excluding carboxylic acids is 1. The van der Waals surface area contributed by atoms with Crippen molar-refractivity contribution in [3.05, 3.63) is 112 Å². The molecule has 3 atom stereocenters. The van der Waals surface area contributed by atoms with Crippen LogP contribution >= 0.6 is 23.1 Å². The Balaban J connectivity index is 1.21. The maximum Gasteiger partial charge on any atom is 0.315 e. The minimum atomic E-state index is -0.533. The number of carbonyl (C=O) groups is 1. The van der Waals surface area contributed by atoms with Crippen molar-refractivity contribution >= 4 is 29.1 Å². The summed E-state index contributed by atoms with van der Waals surface area (Å²) in [6, 6.07) is 25.4. The normalized spacial score (nSPS) is 18.8. The van der Waals surface area contributed by atoms with Gasteiger partial charge in [0.05, 0.1) is 18.8 Å². The lowest BCUT2D eigenvalue weighted by Gasteiger charge is -2.36. The van der Waals surface area contributed by atoms with Crippen molar-refractivity contribution in [3.63, 3.8) is 0 Å². The second kappa shape index (κ2) is 13.9. The lowest BCUT2D eigenvalue weighted by atomic mass is 10.0. The van der Waals surface area contributed by atoms with E-state index in [1.807, 2.05) is 85.8 Å². The van der Waals surface area contributed by atoms with Gasteiger partial charge in [-0.1, -0.05) is 102 Å². The third-order valence-corrected chi connectivity index (χ3v) is 8.62. The SMILES string of the molecule is Cc1nnc(SC[C@H]2C[C@@H](c3ccc(CO)cc3)O[C@@H](c3ccc(CNC(=O)NCc4ccccc4)cc3)O2)s1. The maximum atomic E-state index is 12.2. The average molecular weight is 577 g/mol. The fourth-order valence-corrected chi connectivity index (χ4v) is 6.20. The van der Waals surface area contributed by atoms with Crippen molar-refractivity contribution in [1.82, 2.24) is 20.8 Å². The molecule has 5 rings (SSSR count). The smallest absolute Gasteiger partial charge is 0.315 e. The van der Waals surface area contributed by atoms with E-state index in [2.05, 4.69) is 20.8 Å². The fourth-order valence-electron chi connectivity index (χ4n) is 4.34. The molecule has 208 valence electrons. The van der Waals surface area contributed by atoms with Crippen LogP contribution < -0.4 is 10.6 Å². The average Bonchev–Trinajstić information content (AvgIpc) is 3.43. The van der Waals surface area contributed by atoms with Gasteiger partial charge in [-0.3, -0.25) is 0 Å². The summed E-state index contributed by atoms with van der Waals surface area (Å²) in [5.74, 6) is 0.736. The summed E-state index contributed by atoms with van der Waals surface area (Å²) in [6.07, 6.45) is -0.0259. The second-order valence-electron chi connectivity index (χ2n) is 9.51. The van der Waals surface area contributed by atoms with E-state index >= 15 is 0 Å². The van der Waals surface area contributed by atoms with Crippen LogP contribution in [0.3, 0.4) is 0 Å². The predicted molar refractivity (Wildman–Crippen MR) is 156 cm³/mol. The van der Waals surface area contributed by atoms with E-state index in [0.717, 1.165) is 42.9 Å². The Hall–Kier alpha value is -3.28. The number of hydrogen-bond acceptors (Lipinski definition) is 8. The molecule has 0 spiro atoms. The Bertz CT molecular complexity index is 1370. The number of rotatable bonds is 10. The summed E-state index contributed by atoms with van der Waals surface area (Å²) >= 11 is 3.23. The molecule has 1 aromatic heterocycles. The van der Waals surface area contributed by atoms with Crippen LogP contribution in [0, 0.1) is 6.92 Å². The summed E-state index contributed by atoms with van der Waals surface area (Å²) < 4.78 is 13.8. The van der Waals surface area contributed by atoms with Crippen molar-refractivity contribution in [1.29, 1.82) is 0 Å². The van der Waals surface area contributed by atoms with E-state index in [0.29, 0.717) is 19.5 Å². The molecule has 10 heteroatoms. The summed E-state index contributed by atoms with van der Waals surface area (Å²) in [6.45, 7) is 2.84. The Morgan fingerprint density at radius 2 is 1.55 bits per heavy atom. The molecule has 2 heterocycles. The van der Waals surface area contributed by atoms with Crippen LogP contribution in [-0.4, -0.2) is 33.2 Å². The molecule has 40 heavy (non-hydrogen) atoms. The number of hydrogen-bond donors (Lipinski definition) is 3. The molecule has 8 nitrogen and oxygen atoms in total. The van der Waals surface area contributed by atoms with Crippen molar-refractivity contribution < 1.29 is 19.4 Å². The number of ether oxygens (including phenoxy) is 2. The highest BCUT2D eigenvalue weighted by Gasteiger charge is 2.32. The molecular formula is C30H32N4O4S2. The molecular weight excluding hydrogens is 544 g/mol. The topological polar surface area (TPSA) is 106 Å². The van der Waals surface area contributed by atoms with Crippen molar-refractivity contribution in [2.24, 2.45) is 0 Å². The maximum absolute atomic E-state index is 12.2. The molecule has 1 fully saturated rings. The molecule has 0 saturated carbocycles. The number of nitrogens with one attached hydrogen (secondary N) is 2. The minimum Gasteiger partial charge on any atom is -0.392 e. The van der Waals surface area contributed by atoms with Crippen LogP contribution in [0.2, 0.25) is 0 Å². The molecule has 3 aromatic carbocycles. The van der Waals surface area contributed by atoms with Gasteiger partial charge in [-0.05, 0) is 29.2 Å². The van der Waals surface area contributed by atoms with Gasteiger partial charge >= 0.3 is 6.03 Å². The van der Waals surface area contributed by atoms with Crippen molar-refractivity contribution in [2.75, 3.05) is 5.75 Å². The van der Waals surface area contributed by atoms with Gasteiger partial charge in [0.25, 0.3) is 0 Å². The lowest BCUT2D eigenvalue weighted by Crippen LogP contribution is -2.34. The van der Waals surface area contributed by atoms with Crippen LogP contribution in [0.4, 0.5) is 4.79 Å². The number of nitrogens with zero attached hydrogens (tertiary/aromatic N) is 2. The van der Waals surface area contributed by atoms with Crippen LogP contribution in [0.5, 0.6) is 0 Å². The molecule has 1 saturated heterocycles. The first kappa shape index (κ1) is 28.3. The molecule has 0 aliphatic carbocycles. The standard InChI is InChI=1S/C30H32N4O4S2/c1-20-33-34-30(40-20)39-19-26-15-27(24-11-9-23(18-35)10-12-24)38-28(37-26)25-13-7-22(8-14-25)17-32-29(36)31-16-21-5-3-2-4-6-21/h2-14,26-28,35H,15-19H2,1H3,(H2,31,32,36)/t26-,27+,28+/m1/s1. The Morgan fingerprint density at radius 1 is 0.900 bits per heavy atom. The Kier molecular flexibility index (Phi) is 9.80. The van der Waals surface area contributed by atoms with E-state index in [4.69, 9.17) is 9.47 Å². The number of aliphatic hydroxyl groups excluding tert-OH is 1. The number of aryl methyl sites for hydroxylation is 1. The van der Waals surface area contributed by atoms with E-state index in [9.17, 15) is 9.90 Å². The predicted octanol–water partition coefficient (Wildman–Crippen LogP) is 5.68. The third kappa shape index (κ3) is 7.89. The van der Waals surface area contributed by atoms with E-state index < -0.39 is 6.29 Å². The zero-order valence-electron chi connectivity index (χ0n) is 22.2. The highest BCUT2D eigenvalue weighted by Crippen LogP contribution is 2.39. The first-order valence-electron chi connectivity index (χ1n) is 13.1. The summed E-state index contributed by atoms with van der Waals surface area (Å²) in [4.78, 5) is 12.2. The van der Waals surface area contributed by atoms with E-state index in [1.165, 1.54) is 0 Å². The van der Waals surface area contributed by atoms with Gasteiger partial charge in [-0.25, -0.2) is 4.79 Å². The molecule has 1 aliphatic heterocycles. The number of aliphatic hydroxyl groups is 1. The zero-order chi connectivity index (χ0) is 27.7. The van der Waals surface area contributed by atoms with Gasteiger partial charge in [-0.15, -0.1) is 10.2 Å². The van der Waals surface area contributed by atoms with Crippen molar-refractivity contribution in [2.45, 2.75) is 55.9 Å². The number of urea groups is 1. The third-order valence-electron chi connectivity index (χ3n) is 6.52. The molecule has 0 radical (unpaired) electrons. The molecule has 0 bridgehead atoms. The van der Waals surface area contributed by atoms with Crippen LogP contribution in [0.15, 0.2) is 83.2 Å². The van der Waals surface area contributed by atoms with E-state index in [-0.39, 0.29) is 24.8 Å². The largest absolute Gasteiger partial charge is 0.392 e. The summed E-state index contributed by atoms with van der Waals surface area (Å²) in [5, 5.41) is 24.5. The van der Waals surface area contributed by atoms with Crippen LogP contribution in [0.1, 0.15) is 51.6 Å². The Labute approximate surface area is 242 Å². The second-order valence-corrected chi connectivity index (χ2v) is 12.0. The minimum absolute atomic E-state index is 0.00790. The van der Waals surface area contributed by atoms with Crippen LogP contribution in [-0.2, 0) is 29.2 Å². The van der Waals surface area contributed by atoms with Gasteiger partial charge in [0, 0.05) is 30.8 Å². The summed E-state index contributed by atoms with van der Waals surface area (Å²) in [7, 11) is 0. The monoisotopic (exact) mass is 576 g/mol. The molecule has 4 aromatic rings. The molecule has 0 unspecified atom stereocenters. The van der Waals surface area contributed by atoms with Crippen molar-refractivity contribution in [3.8, 4) is 0 Å². The summed E-state index contributed by atoms with van der Waals surface area (Å²) in [5.41, 5.74) is 4.85. The molecule has 1 aliphatic rings. The number of aromatic nitrogens is 2. The zero-order valence-corrected chi connectivity index (χ0v) is 23.8. The highest BCUT2D eigenvalue weighted by molar-refractivity contribution is 8.01. The number of benzene rings is 3. The molecule has 3 N–H and O–H groups in total. The number of thioether (sulfide) groups is 1. The van der Waals surface area contributed by atoms with E-state index in [1.54, 1.807) is 23.1 Å². The first-order chi connectivity index (χ1) is 19.6. The fraction of sp³-hybridized carbons (Fsp3) is 0.300. The molecule has 2 amide bonds. The lowest BCUT2D eigenvalue weighted by molar-refractivity contribution is -0.245. The van der Waals surface area contributed by atoms with Gasteiger partial charge in [0.2, 0.25) is 0 Å². The highest BCUT2D eigenvalue weighted by atomic mass is 32.2. The quantitative estimate of drug-likeness (QED) is 0.209. The van der Waals surface area contributed by atoms with Gasteiger partial charge in [0.15, 0.2) is 10.6 Å². The first-order valence-corrected chi connectivity index (χ1v) is 14.9. The van der Waals surface area contributed by atoms with Gasteiger partial charge in [-0.2, -0.15) is 0 Å².